The number of nitriles is 2. The summed E-state index contributed by atoms with van der Waals surface area (Å²) >= 11 is 17.8. The fraction of sp³-hybridized carbons (Fsp3) is 0.444. The number of phenols is 1. The summed E-state index contributed by atoms with van der Waals surface area (Å²) in [6.07, 6.45) is 4.86. The minimum absolute atomic E-state index is 0.0109. The van der Waals surface area contributed by atoms with Gasteiger partial charge in [-0.15, -0.1) is 11.6 Å². The second-order valence-corrected chi connectivity index (χ2v) is 12.5. The first-order chi connectivity index (χ1) is 24.8. The van der Waals surface area contributed by atoms with E-state index >= 15 is 0 Å². The molecule has 0 spiro atoms. The van der Waals surface area contributed by atoms with E-state index in [1.165, 1.54) is 25.6 Å². The second kappa shape index (κ2) is 20.9. The molecule has 12 nitrogen and oxygen atoms in total. The minimum atomic E-state index is -0.0109. The fourth-order valence-electron chi connectivity index (χ4n) is 5.34. The van der Waals surface area contributed by atoms with Gasteiger partial charge in [0.15, 0.2) is 23.0 Å². The van der Waals surface area contributed by atoms with E-state index in [0.717, 1.165) is 84.4 Å². The summed E-state index contributed by atoms with van der Waals surface area (Å²) in [5.74, 6) is 2.27. The van der Waals surface area contributed by atoms with E-state index in [2.05, 4.69) is 19.8 Å². The molecule has 0 amide bonds. The Labute approximate surface area is 312 Å². The quantitative estimate of drug-likeness (QED) is 0.143. The molecular formula is C36H41Cl3N6O6. The highest BCUT2D eigenvalue weighted by atomic mass is 35.5. The SMILES string of the molecule is COc1cc2c(Cl)c(C#N)cnc2cc1O.COc1cc2c(Cl)c(C#N)cnc2cc1OCCCN1CCOCC1.ClCCCN1CCOCC1. The van der Waals surface area contributed by atoms with Crippen molar-refractivity contribution >= 4 is 56.6 Å². The summed E-state index contributed by atoms with van der Waals surface area (Å²) in [6.45, 7) is 10.2. The van der Waals surface area contributed by atoms with Crippen LogP contribution < -0.4 is 14.2 Å². The standard InChI is InChI=1S/C18H20ClN3O3.C11H7ClN2O2.C7H14ClNO/c1-23-16-9-14-15(21-12-13(11-20)18(14)19)10-17(16)25-6-2-3-22-4-7-24-8-5-22;1-16-10-2-7-8(3-9(10)15)14-5-6(4-13)11(7)12;8-2-1-3-9-4-6-10-7-5-9/h9-10,12H,2-8H2,1H3;2-3,5,15H,1H3;1-7H2. The lowest BCUT2D eigenvalue weighted by Gasteiger charge is -2.26. The highest BCUT2D eigenvalue weighted by Gasteiger charge is 2.15. The summed E-state index contributed by atoms with van der Waals surface area (Å²) in [6, 6.07) is 10.5. The number of aromatic nitrogens is 2. The number of alkyl halides is 1. The molecule has 2 aliphatic rings. The van der Waals surface area contributed by atoms with Crippen LogP contribution in [0, 0.1) is 22.7 Å². The molecule has 2 aromatic carbocycles. The van der Waals surface area contributed by atoms with Gasteiger partial charge in [0.05, 0.1) is 79.5 Å². The third-order valence-electron chi connectivity index (χ3n) is 8.12. The van der Waals surface area contributed by atoms with Crippen molar-refractivity contribution in [3.63, 3.8) is 0 Å². The van der Waals surface area contributed by atoms with Gasteiger partial charge < -0.3 is 28.8 Å². The van der Waals surface area contributed by atoms with Crippen molar-refractivity contribution < 1.29 is 28.8 Å². The number of nitrogens with zero attached hydrogens (tertiary/aromatic N) is 6. The van der Waals surface area contributed by atoms with E-state index in [1.54, 1.807) is 25.3 Å². The van der Waals surface area contributed by atoms with Gasteiger partial charge in [-0.3, -0.25) is 19.8 Å². The Balaban J connectivity index is 0.000000191. The van der Waals surface area contributed by atoms with Gasteiger partial charge in [-0.25, -0.2) is 0 Å². The van der Waals surface area contributed by atoms with Crippen LogP contribution in [0.1, 0.15) is 24.0 Å². The Kier molecular flexibility index (Phi) is 16.3. The summed E-state index contributed by atoms with van der Waals surface area (Å²) in [7, 11) is 3.02. The van der Waals surface area contributed by atoms with Gasteiger partial charge in [-0.1, -0.05) is 23.2 Å². The monoisotopic (exact) mass is 758 g/mol. The Morgan fingerprint density at radius 1 is 0.745 bits per heavy atom. The van der Waals surface area contributed by atoms with Crippen molar-refractivity contribution in [2.45, 2.75) is 12.8 Å². The van der Waals surface area contributed by atoms with Crippen LogP contribution in [0.2, 0.25) is 10.0 Å². The molecule has 2 aromatic heterocycles. The Hall–Kier alpha value is -3.85. The molecule has 4 aromatic rings. The number of aromatic hydroxyl groups is 1. The number of hydrogen-bond acceptors (Lipinski definition) is 12. The molecule has 2 saturated heterocycles. The zero-order chi connectivity index (χ0) is 36.6. The lowest BCUT2D eigenvalue weighted by atomic mass is 10.1. The number of methoxy groups -OCH3 is 2. The number of halogens is 3. The summed E-state index contributed by atoms with van der Waals surface area (Å²) in [4.78, 5) is 13.1. The van der Waals surface area contributed by atoms with Gasteiger partial charge in [0.1, 0.15) is 12.1 Å². The van der Waals surface area contributed by atoms with Gasteiger partial charge in [-0.2, -0.15) is 10.5 Å². The summed E-state index contributed by atoms with van der Waals surface area (Å²) in [5.41, 5.74) is 1.83. The zero-order valence-electron chi connectivity index (χ0n) is 28.7. The predicted molar refractivity (Wildman–Crippen MR) is 198 cm³/mol. The maximum absolute atomic E-state index is 9.55. The average Bonchev–Trinajstić information content (AvgIpc) is 3.17. The maximum Gasteiger partial charge on any atom is 0.163 e. The molecule has 272 valence electrons. The Morgan fingerprint density at radius 3 is 1.73 bits per heavy atom. The number of hydrogen-bond donors (Lipinski definition) is 1. The van der Waals surface area contributed by atoms with E-state index in [-0.39, 0.29) is 5.75 Å². The molecule has 1 N–H and O–H groups in total. The number of fused-ring (bicyclic) bond motifs is 2. The molecule has 51 heavy (non-hydrogen) atoms. The second-order valence-electron chi connectivity index (χ2n) is 11.4. The third kappa shape index (κ3) is 11.3. The van der Waals surface area contributed by atoms with Crippen LogP contribution in [0.4, 0.5) is 0 Å². The number of benzene rings is 2. The Morgan fingerprint density at radius 2 is 1.24 bits per heavy atom. The fourth-order valence-corrected chi connectivity index (χ4v) is 5.94. The topological polar surface area (TPSA) is 146 Å². The zero-order valence-corrected chi connectivity index (χ0v) is 30.9. The van der Waals surface area contributed by atoms with Gasteiger partial charge in [-0.05, 0) is 31.5 Å². The normalized spacial score (nSPS) is 14.7. The average molecular weight is 760 g/mol. The van der Waals surface area contributed by atoms with E-state index in [9.17, 15) is 5.11 Å². The van der Waals surface area contributed by atoms with E-state index < -0.39 is 0 Å². The van der Waals surface area contributed by atoms with Gasteiger partial charge in [0.2, 0.25) is 0 Å². The molecular weight excluding hydrogens is 719 g/mol. The highest BCUT2D eigenvalue weighted by Crippen LogP contribution is 2.36. The minimum Gasteiger partial charge on any atom is -0.504 e. The molecule has 0 bridgehead atoms. The lowest BCUT2D eigenvalue weighted by molar-refractivity contribution is 0.0357. The number of phenolic OH excluding ortho intramolecular Hbond substituents is 1. The van der Waals surface area contributed by atoms with Gasteiger partial charge >= 0.3 is 0 Å². The number of ether oxygens (including phenoxy) is 5. The van der Waals surface area contributed by atoms with Crippen molar-refractivity contribution in [2.75, 3.05) is 92.4 Å². The lowest BCUT2D eigenvalue weighted by Crippen LogP contribution is -2.37. The summed E-state index contributed by atoms with van der Waals surface area (Å²) in [5, 5.41) is 29.4. The number of morpholine rings is 2. The van der Waals surface area contributed by atoms with Crippen LogP contribution in [-0.2, 0) is 9.47 Å². The van der Waals surface area contributed by atoms with Crippen LogP contribution in [0.25, 0.3) is 21.8 Å². The molecule has 15 heteroatoms. The smallest absolute Gasteiger partial charge is 0.163 e. The van der Waals surface area contributed by atoms with Crippen LogP contribution in [0.3, 0.4) is 0 Å². The molecule has 0 unspecified atom stereocenters. The van der Waals surface area contributed by atoms with Crippen molar-refractivity contribution in [2.24, 2.45) is 0 Å². The van der Waals surface area contributed by atoms with Crippen LogP contribution in [-0.4, -0.2) is 117 Å². The van der Waals surface area contributed by atoms with Crippen LogP contribution >= 0.6 is 34.8 Å². The highest BCUT2D eigenvalue weighted by molar-refractivity contribution is 6.37. The van der Waals surface area contributed by atoms with Crippen LogP contribution in [0.15, 0.2) is 36.7 Å². The van der Waals surface area contributed by atoms with Crippen molar-refractivity contribution in [1.82, 2.24) is 19.8 Å². The molecule has 4 heterocycles. The van der Waals surface area contributed by atoms with E-state index in [4.69, 9.17) is 69.0 Å². The number of rotatable bonds is 10. The predicted octanol–water partition coefficient (Wildman–Crippen LogP) is 6.29. The van der Waals surface area contributed by atoms with Crippen LogP contribution in [0.5, 0.6) is 23.0 Å². The first kappa shape index (κ1) is 39.9. The molecule has 0 aliphatic carbocycles. The van der Waals surface area contributed by atoms with E-state index in [1.807, 2.05) is 12.1 Å². The largest absolute Gasteiger partial charge is 0.504 e. The van der Waals surface area contributed by atoms with Crippen molar-refractivity contribution in [3.8, 4) is 35.1 Å². The maximum atomic E-state index is 9.55. The molecule has 0 atom stereocenters. The summed E-state index contributed by atoms with van der Waals surface area (Å²) < 4.78 is 26.8. The first-order valence-corrected chi connectivity index (χ1v) is 17.7. The molecule has 6 rings (SSSR count). The van der Waals surface area contributed by atoms with Gasteiger partial charge in [0.25, 0.3) is 0 Å². The third-order valence-corrected chi connectivity index (χ3v) is 9.20. The van der Waals surface area contributed by atoms with Crippen molar-refractivity contribution in [3.05, 3.63) is 57.8 Å². The molecule has 2 fully saturated rings. The molecule has 0 radical (unpaired) electrons. The molecule has 0 saturated carbocycles. The van der Waals surface area contributed by atoms with Crippen molar-refractivity contribution in [1.29, 1.82) is 10.5 Å². The van der Waals surface area contributed by atoms with Gasteiger partial charge in [0, 0.05) is 73.9 Å². The Bertz CT molecular complexity index is 1820. The number of pyridine rings is 2. The molecule has 2 aliphatic heterocycles. The van der Waals surface area contributed by atoms with E-state index in [0.29, 0.717) is 66.8 Å². The first-order valence-electron chi connectivity index (χ1n) is 16.4.